The summed E-state index contributed by atoms with van der Waals surface area (Å²) in [5.74, 6) is 1.48. The average Bonchev–Trinajstić information content (AvgIpc) is 2.81. The number of fused-ring (bicyclic) bond motifs is 1. The van der Waals surface area contributed by atoms with Crippen LogP contribution in [0.4, 0.5) is 5.82 Å². The minimum Gasteiger partial charge on any atom is -0.356 e. The van der Waals surface area contributed by atoms with E-state index in [-0.39, 0.29) is 5.56 Å². The Kier molecular flexibility index (Phi) is 4.97. The molecule has 1 aliphatic heterocycles. The van der Waals surface area contributed by atoms with E-state index < -0.39 is 0 Å². The van der Waals surface area contributed by atoms with Gasteiger partial charge in [0.1, 0.15) is 5.82 Å². The monoisotopic (exact) mass is 397 g/mol. The summed E-state index contributed by atoms with van der Waals surface area (Å²) >= 11 is 0. The van der Waals surface area contributed by atoms with Crippen molar-refractivity contribution >= 4 is 16.6 Å². The smallest absolute Gasteiger partial charge is 0.266 e. The largest absolute Gasteiger partial charge is 0.356 e. The number of piperidine rings is 1. The summed E-state index contributed by atoms with van der Waals surface area (Å²) in [6.45, 7) is 2.52. The Morgan fingerprint density at radius 3 is 2.53 bits per heavy atom. The fourth-order valence-electron chi connectivity index (χ4n) is 4.18. The number of hydrogen-bond acceptors (Lipinski definition) is 5. The number of nitrogens with zero attached hydrogens (tertiary/aromatic N) is 5. The standard InChI is InChI=1S/C24H23N5O/c30-23-6-5-22(20-7-12-25-13-8-20)27-29(23)17-18-10-15-28(16-11-18)24-21-4-2-1-3-19(21)9-14-26-24/h1-9,12-14,18H,10-11,15-17H2. The van der Waals surface area contributed by atoms with E-state index in [1.54, 1.807) is 29.2 Å². The Bertz CT molecular complexity index is 1210. The van der Waals surface area contributed by atoms with Crippen LogP contribution in [0.25, 0.3) is 22.0 Å². The van der Waals surface area contributed by atoms with Gasteiger partial charge in [-0.15, -0.1) is 0 Å². The number of benzene rings is 1. The SMILES string of the molecule is O=c1ccc(-c2ccncc2)nn1CC1CCN(c2nccc3ccccc23)CC1. The van der Waals surface area contributed by atoms with Crippen LogP contribution in [0.1, 0.15) is 12.8 Å². The zero-order valence-corrected chi connectivity index (χ0v) is 16.7. The normalized spacial score (nSPS) is 14.9. The van der Waals surface area contributed by atoms with E-state index in [9.17, 15) is 4.79 Å². The lowest BCUT2D eigenvalue weighted by atomic mass is 9.96. The van der Waals surface area contributed by atoms with Gasteiger partial charge in [0, 0.05) is 55.2 Å². The van der Waals surface area contributed by atoms with Gasteiger partial charge in [-0.1, -0.05) is 24.3 Å². The molecule has 1 fully saturated rings. The van der Waals surface area contributed by atoms with Gasteiger partial charge in [0.2, 0.25) is 0 Å². The number of rotatable bonds is 4. The van der Waals surface area contributed by atoms with Crippen molar-refractivity contribution < 1.29 is 0 Å². The molecule has 1 aromatic carbocycles. The molecule has 5 rings (SSSR count). The lowest BCUT2D eigenvalue weighted by molar-refractivity contribution is 0.335. The second-order valence-corrected chi connectivity index (χ2v) is 7.76. The van der Waals surface area contributed by atoms with E-state index in [1.165, 1.54) is 10.8 Å². The van der Waals surface area contributed by atoms with Crippen molar-refractivity contribution in [3.05, 3.63) is 83.5 Å². The average molecular weight is 397 g/mol. The maximum atomic E-state index is 12.4. The lowest BCUT2D eigenvalue weighted by Gasteiger charge is -2.33. The van der Waals surface area contributed by atoms with Crippen LogP contribution in [0.15, 0.2) is 78.0 Å². The van der Waals surface area contributed by atoms with E-state index in [1.807, 2.05) is 18.3 Å². The Labute approximate surface area is 174 Å². The Hall–Kier alpha value is -3.54. The highest BCUT2D eigenvalue weighted by Gasteiger charge is 2.22. The Balaban J connectivity index is 1.30. The predicted molar refractivity (Wildman–Crippen MR) is 118 cm³/mol. The molecule has 1 aliphatic rings. The van der Waals surface area contributed by atoms with Crippen LogP contribution in [-0.2, 0) is 6.54 Å². The van der Waals surface area contributed by atoms with Gasteiger partial charge < -0.3 is 4.90 Å². The van der Waals surface area contributed by atoms with Gasteiger partial charge in [-0.2, -0.15) is 5.10 Å². The second-order valence-electron chi connectivity index (χ2n) is 7.76. The number of hydrogen-bond donors (Lipinski definition) is 0. The van der Waals surface area contributed by atoms with Crippen LogP contribution < -0.4 is 10.5 Å². The molecule has 30 heavy (non-hydrogen) atoms. The molecule has 4 heterocycles. The van der Waals surface area contributed by atoms with Crippen molar-refractivity contribution in [3.8, 4) is 11.3 Å². The molecule has 0 spiro atoms. The molecule has 3 aromatic heterocycles. The fourth-order valence-corrected chi connectivity index (χ4v) is 4.18. The first-order valence-electron chi connectivity index (χ1n) is 10.4. The van der Waals surface area contributed by atoms with Crippen LogP contribution in [-0.4, -0.2) is 32.8 Å². The van der Waals surface area contributed by atoms with Gasteiger partial charge in [0.25, 0.3) is 5.56 Å². The molecule has 0 unspecified atom stereocenters. The highest BCUT2D eigenvalue weighted by molar-refractivity contribution is 5.92. The molecule has 4 aromatic rings. The van der Waals surface area contributed by atoms with Gasteiger partial charge in [-0.25, -0.2) is 9.67 Å². The zero-order chi connectivity index (χ0) is 20.3. The summed E-state index contributed by atoms with van der Waals surface area (Å²) in [5, 5.41) is 7.02. The molecule has 0 amide bonds. The zero-order valence-electron chi connectivity index (χ0n) is 16.7. The van der Waals surface area contributed by atoms with E-state index in [0.29, 0.717) is 12.5 Å². The number of pyridine rings is 2. The molecule has 6 nitrogen and oxygen atoms in total. The Morgan fingerprint density at radius 1 is 0.900 bits per heavy atom. The molecule has 0 aliphatic carbocycles. The first-order valence-corrected chi connectivity index (χ1v) is 10.4. The molecule has 0 bridgehead atoms. The van der Waals surface area contributed by atoms with E-state index >= 15 is 0 Å². The highest BCUT2D eigenvalue weighted by Crippen LogP contribution is 2.28. The minimum absolute atomic E-state index is 0.0500. The predicted octanol–water partition coefficient (Wildman–Crippen LogP) is 3.77. The number of anilines is 1. The van der Waals surface area contributed by atoms with Crippen molar-refractivity contribution in [2.45, 2.75) is 19.4 Å². The molecular weight excluding hydrogens is 374 g/mol. The third-order valence-electron chi connectivity index (χ3n) is 5.84. The summed E-state index contributed by atoms with van der Waals surface area (Å²) in [4.78, 5) is 23.4. The van der Waals surface area contributed by atoms with Crippen LogP contribution in [0.2, 0.25) is 0 Å². The van der Waals surface area contributed by atoms with Crippen molar-refractivity contribution in [3.63, 3.8) is 0 Å². The first-order chi connectivity index (χ1) is 14.8. The highest BCUT2D eigenvalue weighted by atomic mass is 16.1. The molecular formula is C24H23N5O. The molecule has 1 saturated heterocycles. The topological polar surface area (TPSA) is 63.9 Å². The molecule has 0 N–H and O–H groups in total. The molecule has 150 valence electrons. The molecule has 6 heteroatoms. The maximum absolute atomic E-state index is 12.4. The summed E-state index contributed by atoms with van der Waals surface area (Å²) in [6.07, 6.45) is 7.39. The third-order valence-corrected chi connectivity index (χ3v) is 5.84. The summed E-state index contributed by atoms with van der Waals surface area (Å²) in [5.41, 5.74) is 1.72. The van der Waals surface area contributed by atoms with Crippen molar-refractivity contribution in [1.29, 1.82) is 0 Å². The summed E-state index contributed by atoms with van der Waals surface area (Å²) < 4.78 is 1.62. The van der Waals surface area contributed by atoms with Gasteiger partial charge >= 0.3 is 0 Å². The first kappa shape index (κ1) is 18.5. The van der Waals surface area contributed by atoms with Crippen LogP contribution >= 0.6 is 0 Å². The van der Waals surface area contributed by atoms with Crippen LogP contribution in [0, 0.1) is 5.92 Å². The second kappa shape index (κ2) is 8.06. The van der Waals surface area contributed by atoms with E-state index in [4.69, 9.17) is 0 Å². The van der Waals surface area contributed by atoms with Crippen LogP contribution in [0.5, 0.6) is 0 Å². The molecule has 0 atom stereocenters. The summed E-state index contributed by atoms with van der Waals surface area (Å²) in [7, 11) is 0. The number of aromatic nitrogens is 4. The van der Waals surface area contributed by atoms with Crippen molar-refractivity contribution in [2.75, 3.05) is 18.0 Å². The van der Waals surface area contributed by atoms with E-state index in [2.05, 4.69) is 50.3 Å². The van der Waals surface area contributed by atoms with Gasteiger partial charge in [-0.05, 0) is 48.4 Å². The van der Waals surface area contributed by atoms with Gasteiger partial charge in [0.05, 0.1) is 5.69 Å². The van der Waals surface area contributed by atoms with Gasteiger partial charge in [-0.3, -0.25) is 9.78 Å². The maximum Gasteiger partial charge on any atom is 0.266 e. The van der Waals surface area contributed by atoms with Crippen molar-refractivity contribution in [2.24, 2.45) is 5.92 Å². The quantitative estimate of drug-likeness (QED) is 0.525. The molecule has 0 radical (unpaired) electrons. The Morgan fingerprint density at radius 2 is 1.70 bits per heavy atom. The summed E-state index contributed by atoms with van der Waals surface area (Å²) in [6, 6.07) is 17.6. The lowest BCUT2D eigenvalue weighted by Crippen LogP contribution is -2.37. The van der Waals surface area contributed by atoms with Crippen molar-refractivity contribution in [1.82, 2.24) is 19.7 Å². The van der Waals surface area contributed by atoms with Crippen LogP contribution in [0.3, 0.4) is 0 Å². The minimum atomic E-state index is -0.0500. The fraction of sp³-hybridized carbons (Fsp3) is 0.250. The molecule has 0 saturated carbocycles. The van der Waals surface area contributed by atoms with Gasteiger partial charge in [0.15, 0.2) is 0 Å². The third kappa shape index (κ3) is 3.68. The van der Waals surface area contributed by atoms with E-state index in [0.717, 1.165) is 43.0 Å².